The molecule has 0 aromatic rings. The van der Waals surface area contributed by atoms with Crippen LogP contribution in [0.5, 0.6) is 0 Å². The van der Waals surface area contributed by atoms with Gasteiger partial charge in [-0.05, 0) is 38.6 Å². The minimum Gasteiger partial charge on any atom is -0.258 e. The van der Waals surface area contributed by atoms with Gasteiger partial charge in [-0.2, -0.15) is 0 Å². The van der Waals surface area contributed by atoms with Crippen LogP contribution in [0.15, 0.2) is 0 Å². The lowest BCUT2D eigenvalue weighted by molar-refractivity contribution is 0.154. The second-order valence-corrected chi connectivity index (χ2v) is 4.45. The molecule has 0 atom stereocenters. The molecule has 2 aliphatic rings. The smallest absolute Gasteiger partial charge is 0.0228 e. The highest BCUT2D eigenvalue weighted by molar-refractivity contribution is 5.06. The first-order valence-electron chi connectivity index (χ1n) is 5.79. The van der Waals surface area contributed by atoms with Crippen molar-refractivity contribution in [2.45, 2.75) is 32.1 Å². The Kier molecular flexibility index (Phi) is 3.44. The number of hydrogen-bond donors (Lipinski definition) is 1. The molecule has 1 saturated heterocycles. The summed E-state index contributed by atoms with van der Waals surface area (Å²) >= 11 is 0. The van der Waals surface area contributed by atoms with Crippen molar-refractivity contribution in [1.82, 2.24) is 10.4 Å². The van der Waals surface area contributed by atoms with Gasteiger partial charge < -0.3 is 0 Å². The van der Waals surface area contributed by atoms with Crippen molar-refractivity contribution >= 4 is 0 Å². The Balaban J connectivity index is 1.68. The minimum atomic E-state index is 0.665. The molecule has 1 aliphatic heterocycles. The van der Waals surface area contributed by atoms with Crippen molar-refractivity contribution in [2.24, 2.45) is 11.8 Å². The second kappa shape index (κ2) is 4.82. The summed E-state index contributed by atoms with van der Waals surface area (Å²) in [6.07, 6.45) is 6.48. The van der Waals surface area contributed by atoms with Crippen molar-refractivity contribution in [3.05, 3.63) is 0 Å². The maximum Gasteiger partial charge on any atom is 0.0228 e. The molecular formula is C12H20N2. The fourth-order valence-electron chi connectivity index (χ4n) is 1.92. The third kappa shape index (κ3) is 3.01. The Bertz CT molecular complexity index is 226. The van der Waals surface area contributed by atoms with Gasteiger partial charge in [0.25, 0.3) is 0 Å². The van der Waals surface area contributed by atoms with Gasteiger partial charge in [-0.3, -0.25) is 5.43 Å². The molecule has 1 heterocycles. The topological polar surface area (TPSA) is 15.3 Å². The van der Waals surface area contributed by atoms with E-state index in [4.69, 9.17) is 0 Å². The SMILES string of the molecule is CNN1CCC(C#CCC2CC2)CC1. The van der Waals surface area contributed by atoms with Gasteiger partial charge in [-0.15, -0.1) is 5.92 Å². The van der Waals surface area contributed by atoms with Crippen LogP contribution in [0.2, 0.25) is 0 Å². The minimum absolute atomic E-state index is 0.665. The van der Waals surface area contributed by atoms with Gasteiger partial charge >= 0.3 is 0 Å². The van der Waals surface area contributed by atoms with E-state index in [1.54, 1.807) is 0 Å². The predicted octanol–water partition coefficient (Wildman–Crippen LogP) is 1.64. The highest BCUT2D eigenvalue weighted by Gasteiger charge is 2.20. The van der Waals surface area contributed by atoms with E-state index in [-0.39, 0.29) is 0 Å². The van der Waals surface area contributed by atoms with Gasteiger partial charge in [0.2, 0.25) is 0 Å². The average Bonchev–Trinajstić information content (AvgIpc) is 3.03. The van der Waals surface area contributed by atoms with Gasteiger partial charge in [-0.25, -0.2) is 5.01 Å². The van der Waals surface area contributed by atoms with Gasteiger partial charge in [-0.1, -0.05) is 5.92 Å². The predicted molar refractivity (Wildman–Crippen MR) is 58.5 cm³/mol. The quantitative estimate of drug-likeness (QED) is 0.669. The third-order valence-corrected chi connectivity index (χ3v) is 3.21. The summed E-state index contributed by atoms with van der Waals surface area (Å²) in [6, 6.07) is 0. The fourth-order valence-corrected chi connectivity index (χ4v) is 1.92. The largest absolute Gasteiger partial charge is 0.258 e. The summed E-state index contributed by atoms with van der Waals surface area (Å²) < 4.78 is 0. The van der Waals surface area contributed by atoms with Crippen LogP contribution in [0.3, 0.4) is 0 Å². The number of rotatable bonds is 2. The maximum atomic E-state index is 3.43. The molecule has 0 aromatic carbocycles. The number of piperidine rings is 1. The van der Waals surface area contributed by atoms with Crippen LogP contribution < -0.4 is 5.43 Å². The molecule has 78 valence electrons. The summed E-state index contributed by atoms with van der Waals surface area (Å²) in [4.78, 5) is 0. The van der Waals surface area contributed by atoms with Gasteiger partial charge in [0.15, 0.2) is 0 Å². The number of nitrogens with one attached hydrogen (secondary N) is 1. The summed E-state index contributed by atoms with van der Waals surface area (Å²) in [5, 5.41) is 2.28. The average molecular weight is 192 g/mol. The molecule has 2 nitrogen and oxygen atoms in total. The Labute approximate surface area is 87.0 Å². The summed E-state index contributed by atoms with van der Waals surface area (Å²) in [5.74, 6) is 8.42. The van der Waals surface area contributed by atoms with Crippen molar-refractivity contribution < 1.29 is 0 Å². The van der Waals surface area contributed by atoms with Crippen LogP contribution in [0.1, 0.15) is 32.1 Å². The lowest BCUT2D eigenvalue weighted by atomic mass is 9.98. The Morgan fingerprint density at radius 2 is 1.93 bits per heavy atom. The molecule has 0 amide bonds. The fraction of sp³-hybridized carbons (Fsp3) is 0.833. The van der Waals surface area contributed by atoms with E-state index in [0.29, 0.717) is 5.92 Å². The van der Waals surface area contributed by atoms with Gasteiger partial charge in [0.1, 0.15) is 0 Å². The molecule has 0 radical (unpaired) electrons. The Hall–Kier alpha value is -0.520. The van der Waals surface area contributed by atoms with Crippen LogP contribution in [0, 0.1) is 23.7 Å². The van der Waals surface area contributed by atoms with E-state index in [0.717, 1.165) is 25.4 Å². The summed E-state index contributed by atoms with van der Waals surface area (Å²) in [7, 11) is 2.00. The Morgan fingerprint density at radius 1 is 1.21 bits per heavy atom. The van der Waals surface area contributed by atoms with Gasteiger partial charge in [0.05, 0.1) is 0 Å². The van der Waals surface area contributed by atoms with E-state index >= 15 is 0 Å². The lowest BCUT2D eigenvalue weighted by Crippen LogP contribution is -2.41. The van der Waals surface area contributed by atoms with Crippen molar-refractivity contribution in [1.29, 1.82) is 0 Å². The van der Waals surface area contributed by atoms with E-state index in [1.165, 1.54) is 25.7 Å². The maximum absolute atomic E-state index is 3.43. The van der Waals surface area contributed by atoms with Crippen LogP contribution in [-0.4, -0.2) is 25.1 Å². The zero-order valence-corrected chi connectivity index (χ0v) is 9.05. The normalized spacial score (nSPS) is 24.4. The van der Waals surface area contributed by atoms with Crippen molar-refractivity contribution in [3.63, 3.8) is 0 Å². The Morgan fingerprint density at radius 3 is 2.50 bits per heavy atom. The van der Waals surface area contributed by atoms with Crippen LogP contribution in [0.4, 0.5) is 0 Å². The van der Waals surface area contributed by atoms with Crippen molar-refractivity contribution in [3.8, 4) is 11.8 Å². The van der Waals surface area contributed by atoms with E-state index < -0.39 is 0 Å². The van der Waals surface area contributed by atoms with Crippen LogP contribution in [-0.2, 0) is 0 Å². The van der Waals surface area contributed by atoms with E-state index in [9.17, 15) is 0 Å². The molecule has 2 fully saturated rings. The first-order chi connectivity index (χ1) is 6.88. The molecular weight excluding hydrogens is 172 g/mol. The highest BCUT2D eigenvalue weighted by Crippen LogP contribution is 2.31. The zero-order chi connectivity index (χ0) is 9.80. The standard InChI is InChI=1S/C12H20N2/c1-13-14-9-7-12(8-10-14)4-2-3-11-5-6-11/h11-13H,3,5-10H2,1H3. The molecule has 14 heavy (non-hydrogen) atoms. The van der Waals surface area contributed by atoms with Crippen LogP contribution in [0.25, 0.3) is 0 Å². The summed E-state index contributed by atoms with van der Waals surface area (Å²) in [5.41, 5.74) is 3.19. The zero-order valence-electron chi connectivity index (χ0n) is 9.05. The summed E-state index contributed by atoms with van der Waals surface area (Å²) in [6.45, 7) is 2.30. The number of hydrazine groups is 1. The number of hydrogen-bond acceptors (Lipinski definition) is 2. The molecule has 0 aromatic heterocycles. The molecule has 2 rings (SSSR count). The van der Waals surface area contributed by atoms with Crippen LogP contribution >= 0.6 is 0 Å². The molecule has 1 saturated carbocycles. The number of nitrogens with zero attached hydrogens (tertiary/aromatic N) is 1. The highest BCUT2D eigenvalue weighted by atomic mass is 15.5. The molecule has 1 aliphatic carbocycles. The van der Waals surface area contributed by atoms with E-state index in [2.05, 4.69) is 22.3 Å². The molecule has 0 spiro atoms. The molecule has 0 bridgehead atoms. The third-order valence-electron chi connectivity index (χ3n) is 3.21. The molecule has 2 heteroatoms. The molecule has 0 unspecified atom stereocenters. The van der Waals surface area contributed by atoms with Gasteiger partial charge in [0, 0.05) is 25.4 Å². The first kappa shape index (κ1) is 10.0. The molecule has 1 N–H and O–H groups in total. The van der Waals surface area contributed by atoms with Crippen molar-refractivity contribution in [2.75, 3.05) is 20.1 Å². The first-order valence-corrected chi connectivity index (χ1v) is 5.79. The monoisotopic (exact) mass is 192 g/mol. The lowest BCUT2D eigenvalue weighted by Gasteiger charge is -2.28. The second-order valence-electron chi connectivity index (χ2n) is 4.45. The van der Waals surface area contributed by atoms with E-state index in [1.807, 2.05) is 7.05 Å².